The van der Waals surface area contributed by atoms with E-state index in [0.717, 1.165) is 25.7 Å². The Morgan fingerprint density at radius 3 is 2.36 bits per heavy atom. The van der Waals surface area contributed by atoms with Gasteiger partial charge in [-0.1, -0.05) is 0 Å². The van der Waals surface area contributed by atoms with Crippen LogP contribution in [0.25, 0.3) is 11.2 Å². The number of carbonyl (C=O) groups excluding carboxylic acids is 2. The number of nitrogens with two attached hydrogens (primary N) is 2. The van der Waals surface area contributed by atoms with Crippen LogP contribution < -0.4 is 16.4 Å². The fraction of sp³-hybridized carbons (Fsp3) is 0.731. The van der Waals surface area contributed by atoms with E-state index < -0.39 is 61.3 Å². The third-order valence-electron chi connectivity index (χ3n) is 8.46. The zero-order valence-electron chi connectivity index (χ0n) is 25.1. The molecule has 0 aromatic carbocycles. The first kappa shape index (κ1) is 32.5. The smallest absolute Gasteiger partial charge is 0.337 e. The van der Waals surface area contributed by atoms with E-state index in [1.807, 2.05) is 0 Å². The summed E-state index contributed by atoms with van der Waals surface area (Å²) in [5.41, 5.74) is 1.41. The molecule has 2 aromatic heterocycles. The van der Waals surface area contributed by atoms with Crippen molar-refractivity contribution >= 4 is 36.4 Å². The molecule has 0 radical (unpaired) electrons. The summed E-state index contributed by atoms with van der Waals surface area (Å²) in [5, 5.41) is 24.0. The van der Waals surface area contributed by atoms with Crippen molar-refractivity contribution in [2.75, 3.05) is 32.5 Å². The van der Waals surface area contributed by atoms with Crippen LogP contribution in [0.2, 0.25) is 0 Å². The lowest BCUT2D eigenvalue weighted by atomic mass is 9.96. The summed E-state index contributed by atoms with van der Waals surface area (Å²) in [5.74, 6) is 4.04. The fourth-order valence-corrected chi connectivity index (χ4v) is 7.46. The molecule has 0 bridgehead atoms. The minimum absolute atomic E-state index is 0.0970. The van der Waals surface area contributed by atoms with Gasteiger partial charge in [0.25, 0.3) is 0 Å². The number of hydrogen-bond donors (Lipinski definition) is 4. The molecule has 7 atom stereocenters. The predicted octanol–water partition coefficient (Wildman–Crippen LogP) is 0.495. The number of aliphatic hydroxyl groups is 2. The molecule has 1 aliphatic heterocycles. The third-order valence-corrected chi connectivity index (χ3v) is 11.6. The Labute approximate surface area is 253 Å². The molecule has 44 heavy (non-hydrogen) atoms. The van der Waals surface area contributed by atoms with Gasteiger partial charge < -0.3 is 39.6 Å². The Morgan fingerprint density at radius 1 is 1.18 bits per heavy atom. The van der Waals surface area contributed by atoms with Crippen LogP contribution in [0.4, 0.5) is 5.95 Å². The van der Waals surface area contributed by atoms with Crippen molar-refractivity contribution in [1.82, 2.24) is 24.6 Å². The van der Waals surface area contributed by atoms with Gasteiger partial charge in [0, 0.05) is 13.1 Å². The van der Waals surface area contributed by atoms with Gasteiger partial charge in [-0.25, -0.2) is 14.6 Å². The molecule has 3 aliphatic rings. The second-order valence-corrected chi connectivity index (χ2v) is 15.1. The molecule has 3 heterocycles. The van der Waals surface area contributed by atoms with Crippen molar-refractivity contribution in [2.24, 2.45) is 17.7 Å². The van der Waals surface area contributed by atoms with Crippen molar-refractivity contribution < 1.29 is 48.0 Å². The normalized spacial score (nSPS) is 28.0. The SMILES string of the molecule is COc1nc(N)nc2c1ncn2[C@@H]1O[C@H](COP(=O)([C@@H](C)C(=O)ON)[C@@H](C)C(=O)ON(CC2CC2)CC2CC2)[C@@H](O)[C@@]1(C)O. The first-order chi connectivity index (χ1) is 20.8. The van der Waals surface area contributed by atoms with Gasteiger partial charge in [-0.05, 0) is 58.3 Å². The summed E-state index contributed by atoms with van der Waals surface area (Å²) in [4.78, 5) is 48.2. The maximum Gasteiger partial charge on any atom is 0.337 e. The number of hydroxylamine groups is 2. The molecule has 5 rings (SSSR count). The van der Waals surface area contributed by atoms with Crippen LogP contribution in [-0.4, -0.2) is 103 Å². The van der Waals surface area contributed by atoms with Crippen molar-refractivity contribution in [3.05, 3.63) is 6.33 Å². The first-order valence-electron chi connectivity index (χ1n) is 14.5. The third kappa shape index (κ3) is 6.40. The summed E-state index contributed by atoms with van der Waals surface area (Å²) in [6.45, 7) is 4.51. The van der Waals surface area contributed by atoms with Gasteiger partial charge >= 0.3 is 11.9 Å². The van der Waals surface area contributed by atoms with Gasteiger partial charge in [-0.15, -0.1) is 5.06 Å². The molecular formula is C26H40N7O10P. The number of rotatable bonds is 14. The molecule has 6 N–H and O–H groups in total. The van der Waals surface area contributed by atoms with Gasteiger partial charge in [0.05, 0.1) is 20.0 Å². The second-order valence-electron chi connectivity index (χ2n) is 12.0. The van der Waals surface area contributed by atoms with Crippen LogP contribution in [0, 0.1) is 11.8 Å². The highest BCUT2D eigenvalue weighted by atomic mass is 31.2. The monoisotopic (exact) mass is 641 g/mol. The van der Waals surface area contributed by atoms with Crippen molar-refractivity contribution in [1.29, 1.82) is 0 Å². The lowest BCUT2D eigenvalue weighted by Crippen LogP contribution is -2.44. The number of carbonyl (C=O) groups is 2. The summed E-state index contributed by atoms with van der Waals surface area (Å²) in [6, 6.07) is 0. The highest BCUT2D eigenvalue weighted by molar-refractivity contribution is 7.62. The topological polar surface area (TPSA) is 237 Å². The van der Waals surface area contributed by atoms with Crippen LogP contribution in [0.15, 0.2) is 6.33 Å². The number of aromatic nitrogens is 4. The molecule has 1 unspecified atom stereocenters. The van der Waals surface area contributed by atoms with Crippen molar-refractivity contribution in [2.45, 2.75) is 81.8 Å². The Kier molecular flexibility index (Phi) is 9.20. The second kappa shape index (κ2) is 12.5. The molecular weight excluding hydrogens is 601 g/mol. The number of methoxy groups -OCH3 is 1. The van der Waals surface area contributed by atoms with E-state index in [1.165, 1.54) is 38.8 Å². The number of imidazole rings is 1. The van der Waals surface area contributed by atoms with Gasteiger partial charge in [0.2, 0.25) is 19.2 Å². The first-order valence-corrected chi connectivity index (χ1v) is 16.3. The van der Waals surface area contributed by atoms with Gasteiger partial charge in [-0.2, -0.15) is 15.9 Å². The highest BCUT2D eigenvalue weighted by Crippen LogP contribution is 2.58. The van der Waals surface area contributed by atoms with Gasteiger partial charge in [-0.3, -0.25) is 9.13 Å². The van der Waals surface area contributed by atoms with Gasteiger partial charge in [0.1, 0.15) is 29.1 Å². The van der Waals surface area contributed by atoms with E-state index in [0.29, 0.717) is 24.9 Å². The molecule has 18 heteroatoms. The van der Waals surface area contributed by atoms with E-state index in [-0.39, 0.29) is 23.0 Å². The standard InChI is InChI=1S/C26H40N7O10P/c1-13(22(35)42-28)44(38,14(2)23(36)43-32(9-15-5-6-15)10-16-7-8-16)40-11-17-19(34)26(3,37)24(41-17)33-12-29-18-20(33)30-25(27)31-21(18)39-4/h12-17,19,24,34,37H,5-11,28H2,1-4H3,(H2,27,30,31)/t13-,14-,17+,19+,24+,26+,44?/m0/s1. The fourth-order valence-electron chi connectivity index (χ4n) is 5.27. The Bertz CT molecular complexity index is 1420. The molecule has 2 aliphatic carbocycles. The molecule has 17 nitrogen and oxygen atoms in total. The minimum atomic E-state index is -4.28. The number of anilines is 1. The Morgan fingerprint density at radius 2 is 1.80 bits per heavy atom. The van der Waals surface area contributed by atoms with Crippen LogP contribution in [0.5, 0.6) is 5.88 Å². The zero-order valence-corrected chi connectivity index (χ0v) is 26.0. The molecule has 0 spiro atoms. The lowest BCUT2D eigenvalue weighted by molar-refractivity contribution is -0.192. The summed E-state index contributed by atoms with van der Waals surface area (Å²) >= 11 is 0. The van der Waals surface area contributed by atoms with E-state index in [1.54, 1.807) is 5.06 Å². The Hall–Kier alpha value is -2.92. The van der Waals surface area contributed by atoms with Crippen LogP contribution in [-0.2, 0) is 33.1 Å². The van der Waals surface area contributed by atoms with Crippen LogP contribution in [0.3, 0.4) is 0 Å². The zero-order chi connectivity index (χ0) is 32.0. The van der Waals surface area contributed by atoms with Crippen LogP contribution >= 0.6 is 7.37 Å². The Balaban J connectivity index is 1.35. The van der Waals surface area contributed by atoms with E-state index in [4.69, 9.17) is 30.5 Å². The largest absolute Gasteiger partial charge is 0.479 e. The molecule has 2 saturated carbocycles. The summed E-state index contributed by atoms with van der Waals surface area (Å²) < 4.78 is 32.7. The van der Waals surface area contributed by atoms with Crippen LogP contribution in [0.1, 0.15) is 52.7 Å². The number of hydrogen-bond acceptors (Lipinski definition) is 16. The van der Waals surface area contributed by atoms with Crippen molar-refractivity contribution in [3.8, 4) is 5.88 Å². The average molecular weight is 642 g/mol. The number of aliphatic hydroxyl groups excluding tert-OH is 1. The highest BCUT2D eigenvalue weighted by Gasteiger charge is 2.55. The summed E-state index contributed by atoms with van der Waals surface area (Å²) in [6.07, 6.45) is 1.39. The number of nitrogens with zero attached hydrogens (tertiary/aromatic N) is 5. The molecule has 3 fully saturated rings. The maximum atomic E-state index is 14.4. The van der Waals surface area contributed by atoms with E-state index >= 15 is 0 Å². The predicted molar refractivity (Wildman–Crippen MR) is 153 cm³/mol. The molecule has 0 amide bonds. The molecule has 1 saturated heterocycles. The number of nitrogen functional groups attached to an aromatic ring is 1. The summed E-state index contributed by atoms with van der Waals surface area (Å²) in [7, 11) is -2.90. The van der Waals surface area contributed by atoms with E-state index in [2.05, 4.69) is 19.8 Å². The molecule has 244 valence electrons. The lowest BCUT2D eigenvalue weighted by Gasteiger charge is -2.30. The quantitative estimate of drug-likeness (QED) is 0.162. The van der Waals surface area contributed by atoms with Gasteiger partial charge in [0.15, 0.2) is 17.4 Å². The minimum Gasteiger partial charge on any atom is -0.479 e. The number of ether oxygens (including phenoxy) is 2. The number of fused-ring (bicyclic) bond motifs is 1. The van der Waals surface area contributed by atoms with Crippen molar-refractivity contribution in [3.63, 3.8) is 0 Å². The molecule has 2 aromatic rings. The maximum absolute atomic E-state index is 14.4. The van der Waals surface area contributed by atoms with E-state index in [9.17, 15) is 24.4 Å². The average Bonchev–Trinajstić information content (AvgIpc) is 3.93.